The molecule has 6 nitrogen and oxygen atoms in total. The number of carbonyl (C=O) groups is 3. The molecule has 1 aliphatic rings. The van der Waals surface area contributed by atoms with E-state index >= 15 is 0 Å². The lowest BCUT2D eigenvalue weighted by Crippen LogP contribution is -2.34. The zero-order valence-corrected chi connectivity index (χ0v) is 11.9. The number of imide groups is 1. The van der Waals surface area contributed by atoms with Crippen LogP contribution in [0, 0.1) is 5.92 Å². The van der Waals surface area contributed by atoms with E-state index in [1.807, 2.05) is 24.3 Å². The predicted molar refractivity (Wildman–Crippen MR) is 76.3 cm³/mol. The third-order valence-electron chi connectivity index (χ3n) is 3.41. The second kappa shape index (κ2) is 6.88. The highest BCUT2D eigenvalue weighted by atomic mass is 16.5. The van der Waals surface area contributed by atoms with Crippen molar-refractivity contribution in [2.75, 3.05) is 18.4 Å². The Kier molecular flexibility index (Phi) is 4.92. The molecule has 0 aliphatic carbocycles. The molecule has 1 saturated heterocycles. The third-order valence-corrected chi connectivity index (χ3v) is 3.41. The molecule has 0 spiro atoms. The molecule has 1 heterocycles. The summed E-state index contributed by atoms with van der Waals surface area (Å²) in [5.74, 6) is -0.395. The predicted octanol–water partition coefficient (Wildman–Crippen LogP) is 1.17. The van der Waals surface area contributed by atoms with Crippen molar-refractivity contribution in [1.82, 2.24) is 4.90 Å². The van der Waals surface area contributed by atoms with Crippen LogP contribution in [-0.4, -0.2) is 36.3 Å². The van der Waals surface area contributed by atoms with Gasteiger partial charge in [0.2, 0.25) is 11.8 Å². The molecule has 1 N–H and O–H groups in total. The third kappa shape index (κ3) is 3.81. The Labute approximate surface area is 123 Å². The minimum absolute atomic E-state index is 0.0943. The summed E-state index contributed by atoms with van der Waals surface area (Å²) in [5, 5.41) is 3.15. The maximum Gasteiger partial charge on any atom is 0.293 e. The Balaban J connectivity index is 1.79. The first-order chi connectivity index (χ1) is 10.1. The van der Waals surface area contributed by atoms with Gasteiger partial charge in [0.15, 0.2) is 0 Å². The van der Waals surface area contributed by atoms with Crippen molar-refractivity contribution >= 4 is 24.0 Å². The zero-order valence-electron chi connectivity index (χ0n) is 11.9. The van der Waals surface area contributed by atoms with E-state index in [1.54, 1.807) is 6.92 Å². The maximum atomic E-state index is 11.7. The molecular weight excluding hydrogens is 272 g/mol. The van der Waals surface area contributed by atoms with Gasteiger partial charge in [0.25, 0.3) is 6.47 Å². The fraction of sp³-hybridized carbons (Fsp3) is 0.400. The number of hydrogen-bond donors (Lipinski definition) is 1. The first-order valence-electron chi connectivity index (χ1n) is 6.84. The molecule has 112 valence electrons. The number of hydrogen-bond acceptors (Lipinski definition) is 5. The second-order valence-corrected chi connectivity index (χ2v) is 5.02. The first kappa shape index (κ1) is 15.0. The smallest absolute Gasteiger partial charge is 0.293 e. The van der Waals surface area contributed by atoms with E-state index in [1.165, 1.54) is 4.90 Å². The standard InChI is InChI=1S/C15H18N2O4/c1-11-8-14(19)17(15(11)20)7-6-16-13-4-2-12(3-5-13)9-21-10-18/h2-5,10-11,16H,6-9H2,1H3. The van der Waals surface area contributed by atoms with E-state index < -0.39 is 0 Å². The molecule has 0 saturated carbocycles. The number of anilines is 1. The summed E-state index contributed by atoms with van der Waals surface area (Å²) in [4.78, 5) is 34.8. The van der Waals surface area contributed by atoms with Gasteiger partial charge in [-0.25, -0.2) is 0 Å². The lowest BCUT2D eigenvalue weighted by molar-refractivity contribution is -0.139. The Hall–Kier alpha value is -2.37. The van der Waals surface area contributed by atoms with Crippen LogP contribution >= 0.6 is 0 Å². The Bertz CT molecular complexity index is 527. The van der Waals surface area contributed by atoms with Gasteiger partial charge >= 0.3 is 0 Å². The van der Waals surface area contributed by atoms with E-state index in [2.05, 4.69) is 10.1 Å². The van der Waals surface area contributed by atoms with E-state index in [4.69, 9.17) is 0 Å². The number of amides is 2. The van der Waals surface area contributed by atoms with Gasteiger partial charge in [-0.15, -0.1) is 0 Å². The summed E-state index contributed by atoms with van der Waals surface area (Å²) in [7, 11) is 0. The molecule has 2 amide bonds. The van der Waals surface area contributed by atoms with Crippen molar-refractivity contribution < 1.29 is 19.1 Å². The number of benzene rings is 1. The number of rotatable bonds is 7. The van der Waals surface area contributed by atoms with Gasteiger partial charge in [-0.1, -0.05) is 19.1 Å². The lowest BCUT2D eigenvalue weighted by Gasteiger charge is -2.15. The van der Waals surface area contributed by atoms with Gasteiger partial charge in [0.05, 0.1) is 0 Å². The Morgan fingerprint density at radius 2 is 2.05 bits per heavy atom. The SMILES string of the molecule is CC1CC(=O)N(CCNc2ccc(COC=O)cc2)C1=O. The molecular formula is C15H18N2O4. The molecule has 1 aliphatic heterocycles. The summed E-state index contributed by atoms with van der Waals surface area (Å²) in [6.45, 7) is 3.32. The molecule has 6 heteroatoms. The van der Waals surface area contributed by atoms with Crippen LogP contribution in [0.3, 0.4) is 0 Å². The average molecular weight is 290 g/mol. The summed E-state index contributed by atoms with van der Waals surface area (Å²) >= 11 is 0. The van der Waals surface area contributed by atoms with Gasteiger partial charge in [0.1, 0.15) is 6.61 Å². The number of carbonyl (C=O) groups excluding carboxylic acids is 3. The lowest BCUT2D eigenvalue weighted by atomic mass is 10.1. The largest absolute Gasteiger partial charge is 0.463 e. The maximum absolute atomic E-state index is 11.7. The van der Waals surface area contributed by atoms with Crippen LogP contribution in [0.5, 0.6) is 0 Å². The zero-order chi connectivity index (χ0) is 15.2. The molecule has 0 aromatic heterocycles. The Morgan fingerprint density at radius 3 is 2.62 bits per heavy atom. The number of nitrogens with one attached hydrogen (secondary N) is 1. The van der Waals surface area contributed by atoms with Crippen molar-refractivity contribution in [3.8, 4) is 0 Å². The van der Waals surface area contributed by atoms with Crippen LogP contribution in [0.25, 0.3) is 0 Å². The van der Waals surface area contributed by atoms with Gasteiger partial charge in [0, 0.05) is 31.1 Å². The summed E-state index contributed by atoms with van der Waals surface area (Å²) in [6, 6.07) is 7.42. The number of likely N-dealkylation sites (tertiary alicyclic amines) is 1. The van der Waals surface area contributed by atoms with Crippen molar-refractivity contribution in [2.45, 2.75) is 20.0 Å². The minimum Gasteiger partial charge on any atom is -0.463 e. The van der Waals surface area contributed by atoms with Crippen LogP contribution in [0.15, 0.2) is 24.3 Å². The van der Waals surface area contributed by atoms with Crippen LogP contribution < -0.4 is 5.32 Å². The molecule has 21 heavy (non-hydrogen) atoms. The normalized spacial score (nSPS) is 18.0. The van der Waals surface area contributed by atoms with Crippen LogP contribution in [0.4, 0.5) is 5.69 Å². The van der Waals surface area contributed by atoms with E-state index in [-0.39, 0.29) is 24.3 Å². The number of ether oxygens (including phenoxy) is 1. The molecule has 1 aromatic rings. The van der Waals surface area contributed by atoms with E-state index in [0.29, 0.717) is 26.0 Å². The summed E-state index contributed by atoms with van der Waals surface area (Å²) in [5.41, 5.74) is 1.78. The number of nitrogens with zero attached hydrogens (tertiary/aromatic N) is 1. The average Bonchev–Trinajstić information content (AvgIpc) is 2.72. The van der Waals surface area contributed by atoms with E-state index in [9.17, 15) is 14.4 Å². The van der Waals surface area contributed by atoms with Crippen molar-refractivity contribution in [2.24, 2.45) is 5.92 Å². The van der Waals surface area contributed by atoms with Gasteiger partial charge in [-0.2, -0.15) is 0 Å². The Morgan fingerprint density at radius 1 is 1.33 bits per heavy atom. The molecule has 2 rings (SSSR count). The molecule has 1 atom stereocenters. The minimum atomic E-state index is -0.199. The van der Waals surface area contributed by atoms with Crippen LogP contribution in [0.1, 0.15) is 18.9 Å². The highest BCUT2D eigenvalue weighted by Gasteiger charge is 2.34. The molecule has 1 unspecified atom stereocenters. The summed E-state index contributed by atoms with van der Waals surface area (Å²) < 4.78 is 4.66. The van der Waals surface area contributed by atoms with Crippen molar-refractivity contribution in [3.63, 3.8) is 0 Å². The topological polar surface area (TPSA) is 75.7 Å². The fourth-order valence-corrected chi connectivity index (χ4v) is 2.24. The fourth-order valence-electron chi connectivity index (χ4n) is 2.24. The van der Waals surface area contributed by atoms with Crippen LogP contribution in [0.2, 0.25) is 0 Å². The highest BCUT2D eigenvalue weighted by molar-refractivity contribution is 6.03. The molecule has 1 aromatic carbocycles. The summed E-state index contributed by atoms with van der Waals surface area (Å²) in [6.07, 6.45) is 0.310. The molecule has 1 fully saturated rings. The van der Waals surface area contributed by atoms with E-state index in [0.717, 1.165) is 11.3 Å². The highest BCUT2D eigenvalue weighted by Crippen LogP contribution is 2.18. The molecule has 0 bridgehead atoms. The molecule has 0 radical (unpaired) electrons. The monoisotopic (exact) mass is 290 g/mol. The van der Waals surface area contributed by atoms with Crippen molar-refractivity contribution in [3.05, 3.63) is 29.8 Å². The second-order valence-electron chi connectivity index (χ2n) is 5.02. The van der Waals surface area contributed by atoms with Gasteiger partial charge in [-0.05, 0) is 17.7 Å². The first-order valence-corrected chi connectivity index (χ1v) is 6.84. The van der Waals surface area contributed by atoms with Gasteiger partial charge in [-0.3, -0.25) is 19.3 Å². The van der Waals surface area contributed by atoms with Crippen LogP contribution in [-0.2, 0) is 25.7 Å². The van der Waals surface area contributed by atoms with Gasteiger partial charge < -0.3 is 10.1 Å². The quantitative estimate of drug-likeness (QED) is 0.602. The van der Waals surface area contributed by atoms with Crippen molar-refractivity contribution in [1.29, 1.82) is 0 Å².